The van der Waals surface area contributed by atoms with Crippen molar-refractivity contribution in [2.75, 3.05) is 10.6 Å². The summed E-state index contributed by atoms with van der Waals surface area (Å²) in [6.07, 6.45) is 0. The number of aromatic nitrogens is 1. The molecular formula is C29H23N3O4S2. The average Bonchev–Trinajstić information content (AvgIpc) is 3.29. The van der Waals surface area contributed by atoms with Gasteiger partial charge < -0.3 is 15.7 Å². The molecule has 0 fully saturated rings. The summed E-state index contributed by atoms with van der Waals surface area (Å²) in [5.41, 5.74) is 2.87. The number of nitrogens with zero attached hydrogens (tertiary/aromatic N) is 1. The number of rotatable bonds is 7. The summed E-state index contributed by atoms with van der Waals surface area (Å²) in [6.45, 7) is 3.83. The molecule has 1 atom stereocenters. The molecule has 5 rings (SSSR count). The van der Waals surface area contributed by atoms with E-state index in [9.17, 15) is 19.5 Å². The Hall–Kier alpha value is -4.21. The van der Waals surface area contributed by atoms with Crippen LogP contribution in [0.15, 0.2) is 83.8 Å². The van der Waals surface area contributed by atoms with Gasteiger partial charge in [-0.15, -0.1) is 11.8 Å². The van der Waals surface area contributed by atoms with Crippen LogP contribution in [0.25, 0.3) is 21.0 Å². The highest BCUT2D eigenvalue weighted by molar-refractivity contribution is 8.00. The van der Waals surface area contributed by atoms with Gasteiger partial charge in [0.2, 0.25) is 5.91 Å². The van der Waals surface area contributed by atoms with Crippen molar-refractivity contribution in [3.63, 3.8) is 0 Å². The first kappa shape index (κ1) is 25.4. The number of carboxylic acid groups (broad SMARTS) is 1. The minimum absolute atomic E-state index is 0.0701. The van der Waals surface area contributed by atoms with Crippen LogP contribution >= 0.6 is 23.1 Å². The van der Waals surface area contributed by atoms with Crippen molar-refractivity contribution in [3.8, 4) is 0 Å². The van der Waals surface area contributed by atoms with Gasteiger partial charge in [-0.1, -0.05) is 47.7 Å². The number of anilines is 2. The number of thioether (sulfide) groups is 1. The molecule has 3 N–H and O–H groups in total. The molecule has 9 heteroatoms. The molecule has 1 unspecified atom stereocenters. The zero-order valence-corrected chi connectivity index (χ0v) is 22.2. The number of aromatic carboxylic acids is 1. The Bertz CT molecular complexity index is 1710. The Morgan fingerprint density at radius 2 is 1.66 bits per heavy atom. The van der Waals surface area contributed by atoms with E-state index < -0.39 is 17.1 Å². The maximum Gasteiger partial charge on any atom is 0.336 e. The predicted molar refractivity (Wildman–Crippen MR) is 154 cm³/mol. The number of benzene rings is 4. The van der Waals surface area contributed by atoms with Crippen molar-refractivity contribution in [1.82, 2.24) is 4.98 Å². The van der Waals surface area contributed by atoms with Gasteiger partial charge in [0.25, 0.3) is 5.91 Å². The second-order valence-corrected chi connectivity index (χ2v) is 11.2. The standard InChI is InChI=1S/C29H23N3O4S2/c1-16-12-13-23-24(14-16)38-29(31-23)32-26(33)17(2)37-20-9-5-8-19(15-20)30-27(34)21-10-3-6-18-7-4-11-22(25(18)21)28(35)36/h3-15,17H,1-2H3,(H,30,34)(H,35,36)(H,31,32,33). The number of fused-ring (bicyclic) bond motifs is 2. The van der Waals surface area contributed by atoms with E-state index in [4.69, 9.17) is 0 Å². The third kappa shape index (κ3) is 5.39. The molecule has 0 aliphatic heterocycles. The van der Waals surface area contributed by atoms with E-state index in [2.05, 4.69) is 15.6 Å². The van der Waals surface area contributed by atoms with Gasteiger partial charge in [0.15, 0.2) is 5.13 Å². The highest BCUT2D eigenvalue weighted by Crippen LogP contribution is 2.30. The van der Waals surface area contributed by atoms with E-state index in [1.807, 2.05) is 38.1 Å². The van der Waals surface area contributed by atoms with Crippen LogP contribution in [-0.4, -0.2) is 33.1 Å². The number of hydrogen-bond acceptors (Lipinski definition) is 6. The van der Waals surface area contributed by atoms with Crippen LogP contribution in [0.1, 0.15) is 33.2 Å². The van der Waals surface area contributed by atoms with E-state index in [0.717, 1.165) is 20.7 Å². The second kappa shape index (κ2) is 10.6. The van der Waals surface area contributed by atoms with Gasteiger partial charge >= 0.3 is 5.97 Å². The van der Waals surface area contributed by atoms with Gasteiger partial charge in [0, 0.05) is 21.5 Å². The quantitative estimate of drug-likeness (QED) is 0.195. The van der Waals surface area contributed by atoms with Gasteiger partial charge in [-0.2, -0.15) is 0 Å². The first-order valence-corrected chi connectivity index (χ1v) is 13.5. The third-order valence-electron chi connectivity index (χ3n) is 5.93. The number of carboxylic acids is 1. The maximum absolute atomic E-state index is 13.2. The number of nitrogens with one attached hydrogen (secondary N) is 2. The van der Waals surface area contributed by atoms with Gasteiger partial charge in [-0.25, -0.2) is 9.78 Å². The smallest absolute Gasteiger partial charge is 0.336 e. The van der Waals surface area contributed by atoms with E-state index in [1.54, 1.807) is 48.5 Å². The van der Waals surface area contributed by atoms with Crippen LogP contribution in [0.3, 0.4) is 0 Å². The average molecular weight is 542 g/mol. The summed E-state index contributed by atoms with van der Waals surface area (Å²) in [4.78, 5) is 43.0. The number of carbonyl (C=O) groups is 3. The van der Waals surface area contributed by atoms with E-state index in [1.165, 1.54) is 29.2 Å². The molecule has 0 aliphatic carbocycles. The number of thiazole rings is 1. The Labute approximate surface area is 226 Å². The summed E-state index contributed by atoms with van der Waals surface area (Å²) < 4.78 is 1.02. The maximum atomic E-state index is 13.2. The summed E-state index contributed by atoms with van der Waals surface area (Å²) in [6, 6.07) is 23.2. The minimum atomic E-state index is -1.09. The van der Waals surface area contributed by atoms with Crippen molar-refractivity contribution < 1.29 is 19.5 Å². The van der Waals surface area contributed by atoms with Crippen LogP contribution in [0, 0.1) is 6.92 Å². The molecule has 2 amide bonds. The molecule has 1 aromatic heterocycles. The Morgan fingerprint density at radius 1 is 0.921 bits per heavy atom. The van der Waals surface area contributed by atoms with Crippen LogP contribution < -0.4 is 10.6 Å². The zero-order valence-electron chi connectivity index (χ0n) is 20.5. The third-order valence-corrected chi connectivity index (χ3v) is 7.96. The fourth-order valence-electron chi connectivity index (χ4n) is 4.10. The Morgan fingerprint density at radius 3 is 2.42 bits per heavy atom. The molecule has 0 spiro atoms. The summed E-state index contributed by atoms with van der Waals surface area (Å²) >= 11 is 2.80. The molecule has 0 radical (unpaired) electrons. The van der Waals surface area contributed by atoms with Crippen molar-refractivity contribution >= 4 is 72.7 Å². The SMILES string of the molecule is Cc1ccc2nc(NC(=O)C(C)Sc3cccc(NC(=O)c4cccc5cccc(C(=O)O)c45)c3)sc2c1. The molecular weight excluding hydrogens is 518 g/mol. The Balaban J connectivity index is 1.29. The predicted octanol–water partition coefficient (Wildman–Crippen LogP) is 6.83. The molecule has 1 heterocycles. The van der Waals surface area contributed by atoms with Gasteiger partial charge in [0.1, 0.15) is 0 Å². The Kier molecular flexibility index (Phi) is 7.13. The van der Waals surface area contributed by atoms with E-state index >= 15 is 0 Å². The molecule has 0 aliphatic rings. The molecule has 4 aromatic carbocycles. The fraction of sp³-hybridized carbons (Fsp3) is 0.103. The second-order valence-electron chi connectivity index (χ2n) is 8.74. The highest BCUT2D eigenvalue weighted by atomic mass is 32.2. The normalized spacial score (nSPS) is 11.8. The molecule has 5 aromatic rings. The van der Waals surface area contributed by atoms with Crippen LogP contribution in [-0.2, 0) is 4.79 Å². The van der Waals surface area contributed by atoms with Gasteiger partial charge in [-0.3, -0.25) is 9.59 Å². The monoisotopic (exact) mass is 541 g/mol. The van der Waals surface area contributed by atoms with Crippen LogP contribution in [0.2, 0.25) is 0 Å². The lowest BCUT2D eigenvalue weighted by atomic mass is 9.98. The number of aryl methyl sites for hydroxylation is 1. The van der Waals surface area contributed by atoms with E-state index in [0.29, 0.717) is 21.6 Å². The molecule has 0 bridgehead atoms. The lowest BCUT2D eigenvalue weighted by Crippen LogP contribution is -2.22. The molecule has 0 saturated heterocycles. The fourth-order valence-corrected chi connectivity index (χ4v) is 6.00. The number of carbonyl (C=O) groups excluding carboxylic acids is 2. The van der Waals surface area contributed by atoms with Gasteiger partial charge in [-0.05, 0) is 67.3 Å². The molecule has 0 saturated carbocycles. The lowest BCUT2D eigenvalue weighted by molar-refractivity contribution is -0.115. The molecule has 7 nitrogen and oxygen atoms in total. The first-order chi connectivity index (χ1) is 18.3. The largest absolute Gasteiger partial charge is 0.478 e. The van der Waals surface area contributed by atoms with Gasteiger partial charge in [0.05, 0.1) is 21.0 Å². The van der Waals surface area contributed by atoms with Crippen molar-refractivity contribution in [1.29, 1.82) is 0 Å². The van der Waals surface area contributed by atoms with Crippen molar-refractivity contribution in [2.45, 2.75) is 24.0 Å². The lowest BCUT2D eigenvalue weighted by Gasteiger charge is -2.13. The van der Waals surface area contributed by atoms with Crippen molar-refractivity contribution in [3.05, 3.63) is 95.6 Å². The highest BCUT2D eigenvalue weighted by Gasteiger charge is 2.19. The summed E-state index contributed by atoms with van der Waals surface area (Å²) in [5, 5.41) is 16.6. The molecule has 190 valence electrons. The zero-order chi connectivity index (χ0) is 26.8. The summed E-state index contributed by atoms with van der Waals surface area (Å²) in [5.74, 6) is -1.68. The number of hydrogen-bond donors (Lipinski definition) is 3. The minimum Gasteiger partial charge on any atom is -0.478 e. The molecule has 38 heavy (non-hydrogen) atoms. The van der Waals surface area contributed by atoms with Crippen LogP contribution in [0.5, 0.6) is 0 Å². The first-order valence-electron chi connectivity index (χ1n) is 11.8. The summed E-state index contributed by atoms with van der Waals surface area (Å²) in [7, 11) is 0. The van der Waals surface area contributed by atoms with Crippen LogP contribution in [0.4, 0.5) is 10.8 Å². The van der Waals surface area contributed by atoms with E-state index in [-0.39, 0.29) is 17.0 Å². The number of amides is 2. The topological polar surface area (TPSA) is 108 Å². The van der Waals surface area contributed by atoms with Crippen molar-refractivity contribution in [2.24, 2.45) is 0 Å².